The number of hydrogen-bond donors (Lipinski definition) is 1. The summed E-state index contributed by atoms with van der Waals surface area (Å²) in [5.41, 5.74) is 2.82. The molecule has 3 aromatic carbocycles. The fraction of sp³-hybridized carbons (Fsp3) is 0.0800. The summed E-state index contributed by atoms with van der Waals surface area (Å²) < 4.78 is 8.50. The van der Waals surface area contributed by atoms with Gasteiger partial charge in [0.25, 0.3) is 5.91 Å². The highest BCUT2D eigenvalue weighted by Gasteiger charge is 2.09. The average Bonchev–Trinajstić information content (AvgIpc) is 3.27. The highest BCUT2D eigenvalue weighted by atomic mass is 79.9. The molecule has 32 heavy (non-hydrogen) atoms. The molecule has 0 fully saturated rings. The molecule has 0 saturated heterocycles. The first-order valence-corrected chi connectivity index (χ1v) is 10.9. The largest absolute Gasteiger partial charge is 0.483 e. The molecule has 2 aromatic heterocycles. The Balaban J connectivity index is 1.19. The van der Waals surface area contributed by atoms with Crippen LogP contribution in [0.5, 0.6) is 5.75 Å². The van der Waals surface area contributed by atoms with Crippen LogP contribution in [-0.4, -0.2) is 27.0 Å². The quantitative estimate of drug-likeness (QED) is 0.365. The molecule has 0 atom stereocenters. The molecule has 0 radical (unpaired) electrons. The summed E-state index contributed by atoms with van der Waals surface area (Å²) in [4.78, 5) is 21.2. The smallest absolute Gasteiger partial charge is 0.258 e. The number of benzene rings is 3. The number of fused-ring (bicyclic) bond motifs is 2. The van der Waals surface area contributed by atoms with Crippen LogP contribution in [0.3, 0.4) is 0 Å². The molecular formula is C25H19BrN4O2. The zero-order valence-corrected chi connectivity index (χ0v) is 18.6. The second-order valence-corrected chi connectivity index (χ2v) is 8.09. The maximum Gasteiger partial charge on any atom is 0.258 e. The molecule has 0 aliphatic rings. The monoisotopic (exact) mass is 486 g/mol. The maximum atomic E-state index is 12.3. The van der Waals surface area contributed by atoms with E-state index < -0.39 is 0 Å². The van der Waals surface area contributed by atoms with Gasteiger partial charge < -0.3 is 10.1 Å². The summed E-state index contributed by atoms with van der Waals surface area (Å²) in [5, 5.41) is 5.02. The van der Waals surface area contributed by atoms with Gasteiger partial charge in [0.2, 0.25) is 0 Å². The number of amides is 1. The molecule has 2 heterocycles. The molecule has 7 heteroatoms. The van der Waals surface area contributed by atoms with Crippen molar-refractivity contribution >= 4 is 43.6 Å². The van der Waals surface area contributed by atoms with E-state index >= 15 is 0 Å². The fourth-order valence-corrected chi connectivity index (χ4v) is 4.13. The number of nitrogens with one attached hydrogen (secondary N) is 1. The predicted octanol–water partition coefficient (Wildman–Crippen LogP) is 5.03. The third kappa shape index (κ3) is 4.07. The van der Waals surface area contributed by atoms with Gasteiger partial charge in [0.05, 0.1) is 15.5 Å². The standard InChI is InChI=1S/C25H19BrN4O2/c26-25-19-6-2-1-5-18(19)10-11-22(25)32-15-24(31)28-14-17-9-12-23(27-13-17)30-16-29-20-7-3-4-8-21(20)30/h1-13,16H,14-15H2,(H,28,31). The van der Waals surface area contributed by atoms with E-state index in [1.807, 2.05) is 77.4 Å². The van der Waals surface area contributed by atoms with Crippen LogP contribution in [0.25, 0.3) is 27.6 Å². The number of pyridine rings is 1. The third-order valence-electron chi connectivity index (χ3n) is 5.19. The summed E-state index contributed by atoms with van der Waals surface area (Å²) in [6.45, 7) is 0.308. The Morgan fingerprint density at radius 1 is 0.969 bits per heavy atom. The molecule has 0 unspecified atom stereocenters. The Morgan fingerprint density at radius 2 is 1.81 bits per heavy atom. The molecule has 1 N–H and O–H groups in total. The number of nitrogens with zero attached hydrogens (tertiary/aromatic N) is 3. The van der Waals surface area contributed by atoms with Gasteiger partial charge in [0.1, 0.15) is 17.9 Å². The maximum absolute atomic E-state index is 12.3. The Morgan fingerprint density at radius 3 is 2.69 bits per heavy atom. The van der Waals surface area contributed by atoms with Crippen LogP contribution in [0.15, 0.2) is 89.8 Å². The molecule has 158 valence electrons. The van der Waals surface area contributed by atoms with E-state index in [1.165, 1.54) is 0 Å². The molecule has 6 nitrogen and oxygen atoms in total. The van der Waals surface area contributed by atoms with Crippen molar-refractivity contribution in [2.24, 2.45) is 0 Å². The summed E-state index contributed by atoms with van der Waals surface area (Å²) in [7, 11) is 0. The summed E-state index contributed by atoms with van der Waals surface area (Å²) in [6, 6.07) is 23.6. The van der Waals surface area contributed by atoms with Crippen LogP contribution < -0.4 is 10.1 Å². The Hall–Kier alpha value is -3.71. The minimum Gasteiger partial charge on any atom is -0.483 e. The number of halogens is 1. The van der Waals surface area contributed by atoms with E-state index in [-0.39, 0.29) is 12.5 Å². The number of aromatic nitrogens is 3. The Bertz CT molecular complexity index is 1410. The molecule has 0 saturated carbocycles. The van der Waals surface area contributed by atoms with Crippen molar-refractivity contribution in [2.45, 2.75) is 6.54 Å². The number of imidazole rings is 1. The van der Waals surface area contributed by atoms with Crippen LogP contribution >= 0.6 is 15.9 Å². The van der Waals surface area contributed by atoms with Gasteiger partial charge in [0, 0.05) is 12.7 Å². The summed E-state index contributed by atoms with van der Waals surface area (Å²) in [6.07, 6.45) is 3.52. The molecule has 5 rings (SSSR count). The zero-order chi connectivity index (χ0) is 21.9. The van der Waals surface area contributed by atoms with Crippen molar-refractivity contribution < 1.29 is 9.53 Å². The van der Waals surface area contributed by atoms with Crippen LogP contribution in [0.1, 0.15) is 5.56 Å². The average molecular weight is 487 g/mol. The lowest BCUT2D eigenvalue weighted by atomic mass is 10.1. The van der Waals surface area contributed by atoms with Crippen molar-refractivity contribution in [3.63, 3.8) is 0 Å². The van der Waals surface area contributed by atoms with E-state index in [9.17, 15) is 4.79 Å². The zero-order valence-electron chi connectivity index (χ0n) is 17.0. The fourth-order valence-electron chi connectivity index (χ4n) is 3.53. The van der Waals surface area contributed by atoms with Crippen molar-refractivity contribution in [3.05, 3.63) is 95.4 Å². The van der Waals surface area contributed by atoms with Crippen molar-refractivity contribution in [1.82, 2.24) is 19.9 Å². The number of hydrogen-bond acceptors (Lipinski definition) is 4. The van der Waals surface area contributed by atoms with Crippen LogP contribution in [0.4, 0.5) is 0 Å². The third-order valence-corrected chi connectivity index (χ3v) is 6.00. The number of rotatable bonds is 6. The SMILES string of the molecule is O=C(COc1ccc2ccccc2c1Br)NCc1ccc(-n2cnc3ccccc32)nc1. The minimum absolute atomic E-state index is 0.0660. The lowest BCUT2D eigenvalue weighted by Gasteiger charge is -2.11. The van der Waals surface area contributed by atoms with E-state index in [0.29, 0.717) is 12.3 Å². The summed E-state index contributed by atoms with van der Waals surface area (Å²) >= 11 is 3.57. The van der Waals surface area contributed by atoms with E-state index in [2.05, 4.69) is 31.2 Å². The van der Waals surface area contributed by atoms with Gasteiger partial charge in [-0.3, -0.25) is 9.36 Å². The Kier molecular flexibility index (Phi) is 5.56. The molecule has 0 spiro atoms. The number of carbonyl (C=O) groups is 1. The lowest BCUT2D eigenvalue weighted by Crippen LogP contribution is -2.28. The lowest BCUT2D eigenvalue weighted by molar-refractivity contribution is -0.123. The van der Waals surface area contributed by atoms with Gasteiger partial charge in [-0.1, -0.05) is 48.5 Å². The van der Waals surface area contributed by atoms with Crippen molar-refractivity contribution in [1.29, 1.82) is 0 Å². The molecule has 0 bridgehead atoms. The number of para-hydroxylation sites is 2. The van der Waals surface area contributed by atoms with Gasteiger partial charge in [-0.25, -0.2) is 9.97 Å². The second kappa shape index (κ2) is 8.80. The van der Waals surface area contributed by atoms with Crippen molar-refractivity contribution in [2.75, 3.05) is 6.61 Å². The van der Waals surface area contributed by atoms with Crippen LogP contribution in [0, 0.1) is 0 Å². The van der Waals surface area contributed by atoms with Gasteiger partial charge in [-0.05, 0) is 56.5 Å². The van der Waals surface area contributed by atoms with Gasteiger partial charge in [-0.15, -0.1) is 0 Å². The number of ether oxygens (including phenoxy) is 1. The molecule has 0 aliphatic heterocycles. The van der Waals surface area contributed by atoms with Gasteiger partial charge >= 0.3 is 0 Å². The predicted molar refractivity (Wildman–Crippen MR) is 128 cm³/mol. The highest BCUT2D eigenvalue weighted by Crippen LogP contribution is 2.32. The first-order valence-electron chi connectivity index (χ1n) is 10.1. The normalized spacial score (nSPS) is 11.0. The van der Waals surface area contributed by atoms with E-state index in [0.717, 1.165) is 37.7 Å². The van der Waals surface area contributed by atoms with E-state index in [1.54, 1.807) is 12.5 Å². The number of carbonyl (C=O) groups excluding carboxylic acids is 1. The van der Waals surface area contributed by atoms with Gasteiger partial charge in [0.15, 0.2) is 6.61 Å². The van der Waals surface area contributed by atoms with Gasteiger partial charge in [-0.2, -0.15) is 0 Å². The highest BCUT2D eigenvalue weighted by molar-refractivity contribution is 9.10. The molecule has 1 amide bonds. The van der Waals surface area contributed by atoms with Crippen LogP contribution in [-0.2, 0) is 11.3 Å². The molecule has 0 aliphatic carbocycles. The van der Waals surface area contributed by atoms with Crippen molar-refractivity contribution in [3.8, 4) is 11.6 Å². The molecular weight excluding hydrogens is 468 g/mol. The minimum atomic E-state index is -0.199. The Labute approximate surface area is 193 Å². The van der Waals surface area contributed by atoms with E-state index in [4.69, 9.17) is 4.74 Å². The second-order valence-electron chi connectivity index (χ2n) is 7.29. The first kappa shape index (κ1) is 20.2. The molecule has 5 aromatic rings. The topological polar surface area (TPSA) is 69.0 Å². The van der Waals surface area contributed by atoms with Crippen LogP contribution in [0.2, 0.25) is 0 Å². The summed E-state index contributed by atoms with van der Waals surface area (Å²) in [5.74, 6) is 1.21. The first-order chi connectivity index (χ1) is 15.7.